The Bertz CT molecular complexity index is 314. The van der Waals surface area contributed by atoms with Crippen molar-refractivity contribution < 1.29 is 9.84 Å². The molecule has 1 rings (SSSR count). The summed E-state index contributed by atoms with van der Waals surface area (Å²) in [6.07, 6.45) is 1.84. The van der Waals surface area contributed by atoms with E-state index < -0.39 is 0 Å². The molecule has 0 heterocycles. The molecule has 1 aromatic carbocycles. The second-order valence-electron chi connectivity index (χ2n) is 4.00. The predicted molar refractivity (Wildman–Crippen MR) is 67.3 cm³/mol. The lowest BCUT2D eigenvalue weighted by molar-refractivity contribution is 0.286. The van der Waals surface area contributed by atoms with Gasteiger partial charge in [-0.2, -0.15) is 0 Å². The molecule has 0 aliphatic carbocycles. The van der Waals surface area contributed by atoms with E-state index in [4.69, 9.17) is 9.84 Å². The smallest absolute Gasteiger partial charge is 0.124 e. The molecule has 0 aliphatic heterocycles. The van der Waals surface area contributed by atoms with Crippen molar-refractivity contribution in [1.29, 1.82) is 0 Å². The number of anilines is 1. The third-order valence-electron chi connectivity index (χ3n) is 2.58. The molecule has 0 saturated heterocycles. The van der Waals surface area contributed by atoms with Gasteiger partial charge in [-0.1, -0.05) is 0 Å². The first kappa shape index (κ1) is 12.8. The Morgan fingerprint density at radius 2 is 1.81 bits per heavy atom. The summed E-state index contributed by atoms with van der Waals surface area (Å²) in [4.78, 5) is 0. The number of hydrogen-bond donors (Lipinski definition) is 2. The van der Waals surface area contributed by atoms with Crippen LogP contribution in [0.1, 0.15) is 24.0 Å². The molecule has 0 saturated carbocycles. The normalized spacial score (nSPS) is 10.2. The maximum absolute atomic E-state index is 8.68. The van der Waals surface area contributed by atoms with Gasteiger partial charge < -0.3 is 15.2 Å². The third-order valence-corrected chi connectivity index (χ3v) is 2.58. The molecule has 3 nitrogen and oxygen atoms in total. The molecule has 0 spiro atoms. The molecule has 0 aromatic heterocycles. The van der Waals surface area contributed by atoms with Gasteiger partial charge in [0.25, 0.3) is 0 Å². The molecule has 0 amide bonds. The lowest BCUT2D eigenvalue weighted by Crippen LogP contribution is -2.03. The zero-order valence-electron chi connectivity index (χ0n) is 10.3. The van der Waals surface area contributed by atoms with Crippen molar-refractivity contribution in [1.82, 2.24) is 0 Å². The molecule has 3 heteroatoms. The van der Waals surface area contributed by atoms with E-state index >= 15 is 0 Å². The van der Waals surface area contributed by atoms with Gasteiger partial charge in [-0.15, -0.1) is 0 Å². The molecule has 0 fully saturated rings. The fraction of sp³-hybridized carbons (Fsp3) is 0.538. The molecule has 0 aliphatic rings. The number of aliphatic hydroxyl groups excluding tert-OH is 1. The fourth-order valence-corrected chi connectivity index (χ4v) is 1.84. The van der Waals surface area contributed by atoms with E-state index in [1.807, 2.05) is 13.8 Å². The minimum atomic E-state index is 0.266. The number of methoxy groups -OCH3 is 1. The first-order chi connectivity index (χ1) is 7.69. The second-order valence-corrected chi connectivity index (χ2v) is 4.00. The van der Waals surface area contributed by atoms with Gasteiger partial charge in [-0.3, -0.25) is 0 Å². The van der Waals surface area contributed by atoms with E-state index in [0.29, 0.717) is 0 Å². The van der Waals surface area contributed by atoms with E-state index in [9.17, 15) is 0 Å². The van der Waals surface area contributed by atoms with Gasteiger partial charge in [-0.25, -0.2) is 0 Å². The van der Waals surface area contributed by atoms with Crippen LogP contribution in [0.3, 0.4) is 0 Å². The van der Waals surface area contributed by atoms with Crippen molar-refractivity contribution in [3.8, 4) is 5.75 Å². The molecule has 0 unspecified atom stereocenters. The lowest BCUT2D eigenvalue weighted by atomic mass is 10.1. The summed E-state index contributed by atoms with van der Waals surface area (Å²) in [7, 11) is 1.70. The molecule has 0 radical (unpaired) electrons. The van der Waals surface area contributed by atoms with E-state index in [0.717, 1.165) is 42.0 Å². The predicted octanol–water partition coefficient (Wildman–Crippen LogP) is 2.50. The number of rotatable bonds is 6. The summed E-state index contributed by atoms with van der Waals surface area (Å²) in [5, 5.41) is 12.0. The van der Waals surface area contributed by atoms with Gasteiger partial charge in [0.15, 0.2) is 0 Å². The van der Waals surface area contributed by atoms with Crippen molar-refractivity contribution in [3.63, 3.8) is 0 Å². The largest absolute Gasteiger partial charge is 0.496 e. The summed E-state index contributed by atoms with van der Waals surface area (Å²) in [5.41, 5.74) is 3.41. The highest BCUT2D eigenvalue weighted by molar-refractivity contribution is 5.55. The molecule has 0 atom stereocenters. The van der Waals surface area contributed by atoms with Crippen molar-refractivity contribution in [2.24, 2.45) is 0 Å². The van der Waals surface area contributed by atoms with Gasteiger partial charge >= 0.3 is 0 Å². The Balaban J connectivity index is 2.61. The fourth-order valence-electron chi connectivity index (χ4n) is 1.84. The quantitative estimate of drug-likeness (QED) is 0.728. The zero-order valence-corrected chi connectivity index (χ0v) is 10.3. The number of benzene rings is 1. The standard InChI is InChI=1S/C13H21NO2/c1-10-8-12(14-6-4-5-7-15)9-11(2)13(10)16-3/h8-9,14-15H,4-7H2,1-3H3. The Labute approximate surface area is 97.4 Å². The minimum Gasteiger partial charge on any atom is -0.496 e. The van der Waals surface area contributed by atoms with Gasteiger partial charge in [-0.05, 0) is 49.9 Å². The van der Waals surface area contributed by atoms with Crippen LogP contribution in [0.2, 0.25) is 0 Å². The first-order valence-corrected chi connectivity index (χ1v) is 5.69. The Morgan fingerprint density at radius 3 is 2.31 bits per heavy atom. The number of unbranched alkanes of at least 4 members (excludes halogenated alkanes) is 1. The number of aliphatic hydroxyl groups is 1. The average Bonchev–Trinajstić information content (AvgIpc) is 2.24. The maximum atomic E-state index is 8.68. The zero-order chi connectivity index (χ0) is 12.0. The minimum absolute atomic E-state index is 0.266. The number of hydrogen-bond acceptors (Lipinski definition) is 3. The highest BCUT2D eigenvalue weighted by Crippen LogP contribution is 2.26. The summed E-state index contributed by atoms with van der Waals surface area (Å²) in [6, 6.07) is 4.18. The monoisotopic (exact) mass is 223 g/mol. The Kier molecular flexibility index (Phi) is 5.12. The summed E-state index contributed by atoms with van der Waals surface area (Å²) in [6.45, 7) is 5.25. The number of nitrogens with one attached hydrogen (secondary N) is 1. The van der Waals surface area contributed by atoms with Crippen LogP contribution >= 0.6 is 0 Å². The highest BCUT2D eigenvalue weighted by atomic mass is 16.5. The van der Waals surface area contributed by atoms with E-state index in [1.165, 1.54) is 0 Å². The van der Waals surface area contributed by atoms with E-state index in [-0.39, 0.29) is 6.61 Å². The summed E-state index contributed by atoms with van der Waals surface area (Å²) < 4.78 is 5.31. The van der Waals surface area contributed by atoms with Crippen molar-refractivity contribution in [3.05, 3.63) is 23.3 Å². The van der Waals surface area contributed by atoms with Crippen LogP contribution in [0, 0.1) is 13.8 Å². The molecular weight excluding hydrogens is 202 g/mol. The number of aryl methyl sites for hydroxylation is 2. The van der Waals surface area contributed by atoms with Crippen LogP contribution in [-0.2, 0) is 0 Å². The van der Waals surface area contributed by atoms with Crippen LogP contribution in [0.5, 0.6) is 5.75 Å². The van der Waals surface area contributed by atoms with Crippen LogP contribution in [-0.4, -0.2) is 25.4 Å². The molecule has 0 bridgehead atoms. The van der Waals surface area contributed by atoms with Crippen molar-refractivity contribution in [2.75, 3.05) is 25.6 Å². The summed E-state index contributed by atoms with van der Waals surface area (Å²) in [5.74, 6) is 0.959. The van der Waals surface area contributed by atoms with Crippen LogP contribution in [0.4, 0.5) is 5.69 Å². The lowest BCUT2D eigenvalue weighted by Gasteiger charge is -2.12. The average molecular weight is 223 g/mol. The van der Waals surface area contributed by atoms with Crippen molar-refractivity contribution >= 4 is 5.69 Å². The van der Waals surface area contributed by atoms with E-state index in [2.05, 4.69) is 17.4 Å². The third kappa shape index (κ3) is 3.42. The van der Waals surface area contributed by atoms with Crippen LogP contribution < -0.4 is 10.1 Å². The second kappa shape index (κ2) is 6.38. The maximum Gasteiger partial charge on any atom is 0.124 e. The van der Waals surface area contributed by atoms with Gasteiger partial charge in [0, 0.05) is 18.8 Å². The summed E-state index contributed by atoms with van der Waals surface area (Å²) >= 11 is 0. The topological polar surface area (TPSA) is 41.5 Å². The SMILES string of the molecule is COc1c(C)cc(NCCCCO)cc1C. The van der Waals surface area contributed by atoms with Crippen molar-refractivity contribution in [2.45, 2.75) is 26.7 Å². The van der Waals surface area contributed by atoms with E-state index in [1.54, 1.807) is 7.11 Å². The van der Waals surface area contributed by atoms with Gasteiger partial charge in [0.2, 0.25) is 0 Å². The molecule has 1 aromatic rings. The van der Waals surface area contributed by atoms with Crippen LogP contribution in [0.25, 0.3) is 0 Å². The van der Waals surface area contributed by atoms with Gasteiger partial charge in [0.1, 0.15) is 5.75 Å². The Hall–Kier alpha value is -1.22. The number of ether oxygens (including phenoxy) is 1. The molecule has 90 valence electrons. The Morgan fingerprint density at radius 1 is 1.19 bits per heavy atom. The molecule has 2 N–H and O–H groups in total. The first-order valence-electron chi connectivity index (χ1n) is 5.69. The molecule has 16 heavy (non-hydrogen) atoms. The van der Waals surface area contributed by atoms with Crippen LogP contribution in [0.15, 0.2) is 12.1 Å². The highest BCUT2D eigenvalue weighted by Gasteiger charge is 2.04. The van der Waals surface area contributed by atoms with Gasteiger partial charge in [0.05, 0.1) is 7.11 Å². The molecular formula is C13H21NO2.